The van der Waals surface area contributed by atoms with Crippen LogP contribution in [0.15, 0.2) is 24.3 Å². The molecule has 0 aliphatic heterocycles. The Hall–Kier alpha value is 0.120. The second-order valence-corrected chi connectivity index (χ2v) is 11.2. The Bertz CT molecular complexity index is 492. The Labute approximate surface area is 249 Å². The molecule has 1 rings (SSSR count). The molecule has 1 aromatic carbocycles. The molecule has 0 bridgehead atoms. The molecule has 0 spiro atoms. The molecule has 0 fully saturated rings. The van der Waals surface area contributed by atoms with Gasteiger partial charge >= 0.3 is 35.3 Å². The van der Waals surface area contributed by atoms with Crippen LogP contribution in [0.2, 0.25) is 0 Å². The zero-order chi connectivity index (χ0) is 28.7. The third-order valence-corrected chi connectivity index (χ3v) is 7.05. The molecule has 218 valence electrons. The van der Waals surface area contributed by atoms with Gasteiger partial charge in [0, 0.05) is 0 Å². The van der Waals surface area contributed by atoms with E-state index in [4.69, 9.17) is 0 Å². The second-order valence-electron chi connectivity index (χ2n) is 9.66. The van der Waals surface area contributed by atoms with Crippen LogP contribution in [0, 0.1) is 0 Å². The van der Waals surface area contributed by atoms with Crippen LogP contribution in [0.4, 0.5) is 12.3 Å². The van der Waals surface area contributed by atoms with E-state index in [1.54, 1.807) is 0 Å². The molecular weight excluding hydrogens is 567 g/mol. The molecule has 0 aliphatic carbocycles. The van der Waals surface area contributed by atoms with Crippen molar-refractivity contribution in [3.63, 3.8) is 0 Å². The summed E-state index contributed by atoms with van der Waals surface area (Å²) >= 11 is 0. The first-order chi connectivity index (χ1) is 16.7. The van der Waals surface area contributed by atoms with Gasteiger partial charge in [0.15, 0.2) is 0 Å². The molecule has 0 aromatic heterocycles. The van der Waals surface area contributed by atoms with E-state index >= 15 is 0 Å². The molecule has 0 N–H and O–H groups in total. The van der Waals surface area contributed by atoms with Crippen LogP contribution in [-0.4, -0.2) is 45.3 Å². The van der Waals surface area contributed by atoms with Crippen molar-refractivity contribution in [1.29, 1.82) is 0 Å². The van der Waals surface area contributed by atoms with E-state index in [-0.39, 0.29) is 26.2 Å². The molecule has 6 unspecified atom stereocenters. The molecule has 0 amide bonds. The largest absolute Gasteiger partial charge is 4.00 e. The van der Waals surface area contributed by atoms with Gasteiger partial charge in [-0.3, -0.25) is 0 Å². The Morgan fingerprint density at radius 2 is 0.703 bits per heavy atom. The molecule has 37 heavy (non-hydrogen) atoms. The fourth-order valence-electron chi connectivity index (χ4n) is 2.50. The van der Waals surface area contributed by atoms with E-state index in [0.717, 1.165) is 12.1 Å². The summed E-state index contributed by atoms with van der Waals surface area (Å²) in [4.78, 5) is 0. The van der Waals surface area contributed by atoms with Crippen LogP contribution in [0.5, 0.6) is 0 Å². The van der Waals surface area contributed by atoms with Crippen molar-refractivity contribution >= 4 is 14.3 Å². The quantitative estimate of drug-likeness (QED) is 0.119. The molecule has 3 nitrogen and oxygen atoms in total. The van der Waals surface area contributed by atoms with Crippen LogP contribution in [0.25, 0.3) is 16.0 Å². The molecule has 8 heteroatoms. The minimum atomic E-state index is -5.48. The zero-order valence-corrected chi connectivity index (χ0v) is 29.4. The summed E-state index contributed by atoms with van der Waals surface area (Å²) in [6, 6.07) is 8.34. The van der Waals surface area contributed by atoms with Crippen molar-refractivity contribution < 1.29 is 38.5 Å². The standard InChI is InChI=1S/3C8H18N.C5H4F3Si.Zr/c3*1-5-7(3)9-8(4)6-2;6-9(7,8)5-3-1-2-4-5;/h3*7-8H,5-6H2,1-4H3;1-4H;/q4*-1;+4. The monoisotopic (exact) mass is 623 g/mol. The van der Waals surface area contributed by atoms with E-state index in [2.05, 4.69) is 99.0 Å². The fourth-order valence-corrected chi connectivity index (χ4v) is 3.07. The number of hydrogen-bond donors (Lipinski definition) is 0. The van der Waals surface area contributed by atoms with Gasteiger partial charge in [-0.25, -0.2) is 24.5 Å². The molecule has 0 saturated carbocycles. The van der Waals surface area contributed by atoms with Gasteiger partial charge in [0.05, 0.1) is 0 Å². The van der Waals surface area contributed by atoms with Crippen molar-refractivity contribution in [2.75, 3.05) is 0 Å². The molecule has 0 radical (unpaired) electrons. The molecule has 1 aromatic rings. The Kier molecular flexibility index (Phi) is 33.0. The third kappa shape index (κ3) is 30.5. The molecular formula is C29H58F3N3SiZr. The average molecular weight is 625 g/mol. The summed E-state index contributed by atoms with van der Waals surface area (Å²) in [5.41, 5.74) is 0. The summed E-state index contributed by atoms with van der Waals surface area (Å²) in [7, 11) is -5.48. The van der Waals surface area contributed by atoms with Crippen LogP contribution < -0.4 is 5.19 Å². The van der Waals surface area contributed by atoms with E-state index in [9.17, 15) is 12.3 Å². The van der Waals surface area contributed by atoms with Gasteiger partial charge < -0.3 is 16.0 Å². The van der Waals surface area contributed by atoms with E-state index < -0.39 is 14.3 Å². The van der Waals surface area contributed by atoms with Crippen molar-refractivity contribution in [2.45, 2.75) is 158 Å². The van der Waals surface area contributed by atoms with Gasteiger partial charge in [-0.2, -0.15) is 12.1 Å². The summed E-state index contributed by atoms with van der Waals surface area (Å²) in [5, 5.41) is 13.1. The first-order valence-electron chi connectivity index (χ1n) is 14.1. The van der Waals surface area contributed by atoms with Gasteiger partial charge in [0.1, 0.15) is 0 Å². The summed E-state index contributed by atoms with van der Waals surface area (Å²) in [6.45, 7) is 26.1. The third-order valence-electron chi connectivity index (χ3n) is 6.06. The normalized spacial score (nSPS) is 15.5. The van der Waals surface area contributed by atoms with Gasteiger partial charge in [0.2, 0.25) is 0 Å². The van der Waals surface area contributed by atoms with Crippen LogP contribution in [-0.2, 0) is 26.2 Å². The van der Waals surface area contributed by atoms with Gasteiger partial charge in [-0.1, -0.05) is 127 Å². The van der Waals surface area contributed by atoms with Gasteiger partial charge in [-0.05, 0) is 0 Å². The first kappa shape index (κ1) is 44.1. The van der Waals surface area contributed by atoms with E-state index in [0.29, 0.717) is 36.3 Å². The topological polar surface area (TPSA) is 42.3 Å². The molecule has 6 atom stereocenters. The van der Waals surface area contributed by atoms with Crippen LogP contribution >= 0.6 is 0 Å². The molecule has 0 saturated heterocycles. The number of hydrogen-bond acceptors (Lipinski definition) is 0. The van der Waals surface area contributed by atoms with Gasteiger partial charge in [0.25, 0.3) is 0 Å². The maximum absolute atomic E-state index is 11.8. The predicted molar refractivity (Wildman–Crippen MR) is 159 cm³/mol. The van der Waals surface area contributed by atoms with Crippen molar-refractivity contribution in [3.05, 3.63) is 40.2 Å². The smallest absolute Gasteiger partial charge is 0.657 e. The summed E-state index contributed by atoms with van der Waals surface area (Å²) in [6.07, 6.45) is 7.03. The fraction of sp³-hybridized carbons (Fsp3) is 0.828. The van der Waals surface area contributed by atoms with E-state index in [1.165, 1.54) is 50.7 Å². The second kappa shape index (κ2) is 27.7. The van der Waals surface area contributed by atoms with Crippen LogP contribution in [0.3, 0.4) is 0 Å². The maximum atomic E-state index is 11.8. The Morgan fingerprint density at radius 3 is 0.811 bits per heavy atom. The minimum Gasteiger partial charge on any atom is -0.657 e. The number of rotatable bonds is 13. The number of nitrogens with zero attached hydrogens (tertiary/aromatic N) is 3. The Morgan fingerprint density at radius 1 is 0.514 bits per heavy atom. The van der Waals surface area contributed by atoms with E-state index in [1.807, 2.05) is 0 Å². The predicted octanol–water partition coefficient (Wildman–Crippen LogP) is 10.3. The Balaban J connectivity index is -0.000000194. The average Bonchev–Trinajstić information content (AvgIpc) is 3.40. The van der Waals surface area contributed by atoms with Gasteiger partial charge in [-0.15, -0.1) is 36.3 Å². The van der Waals surface area contributed by atoms with Crippen molar-refractivity contribution in [2.24, 2.45) is 0 Å². The van der Waals surface area contributed by atoms with Crippen molar-refractivity contribution in [3.8, 4) is 0 Å². The molecule has 0 aliphatic rings. The first-order valence-corrected chi connectivity index (χ1v) is 15.7. The maximum Gasteiger partial charge on any atom is 4.00 e. The zero-order valence-electron chi connectivity index (χ0n) is 26.0. The van der Waals surface area contributed by atoms with Crippen molar-refractivity contribution in [1.82, 2.24) is 0 Å². The summed E-state index contributed by atoms with van der Waals surface area (Å²) in [5.74, 6) is 0. The van der Waals surface area contributed by atoms with Crippen LogP contribution in [0.1, 0.15) is 122 Å². The minimum absolute atomic E-state index is 0. The molecule has 0 heterocycles. The summed E-state index contributed by atoms with van der Waals surface area (Å²) < 4.78 is 35.3. The number of halogens is 3. The SMILES string of the molecule is CCC(C)[N-]C(C)CC.CCC(C)[N-]C(C)CC.CCC(C)[N-]C(C)CC.F[Si](F)(F)[c-]1cccc1.[Zr+4].